The second-order valence-electron chi connectivity index (χ2n) is 2.13. The molecule has 11 heavy (non-hydrogen) atoms. The van der Waals surface area contributed by atoms with Gasteiger partial charge in [0.15, 0.2) is 0 Å². The quantitative estimate of drug-likeness (QED) is 0.615. The van der Waals surface area contributed by atoms with Gasteiger partial charge in [0, 0.05) is 25.4 Å². The van der Waals surface area contributed by atoms with E-state index < -0.39 is 0 Å². The molecule has 66 valence electrons. The summed E-state index contributed by atoms with van der Waals surface area (Å²) < 4.78 is 0. The number of nitrogens with zero attached hydrogens (tertiary/aromatic N) is 1. The fraction of sp³-hybridized carbons (Fsp3) is 0.857. The highest BCUT2D eigenvalue weighted by atomic mass is 32.1. The van der Waals surface area contributed by atoms with E-state index in [2.05, 4.69) is 17.9 Å². The molecule has 0 unspecified atom stereocenters. The minimum absolute atomic E-state index is 0.00375. The van der Waals surface area contributed by atoms with E-state index in [9.17, 15) is 4.79 Å². The molecule has 0 saturated heterocycles. The molecule has 0 bridgehead atoms. The van der Waals surface area contributed by atoms with Crippen LogP contribution in [0.3, 0.4) is 0 Å². The van der Waals surface area contributed by atoms with Gasteiger partial charge in [0.2, 0.25) is 0 Å². The molecule has 0 rings (SSSR count). The average Bonchev–Trinajstić information content (AvgIpc) is 2.03. The Morgan fingerprint density at radius 2 is 2.00 bits per heavy atom. The van der Waals surface area contributed by atoms with E-state index in [1.54, 1.807) is 4.90 Å². The van der Waals surface area contributed by atoms with Crippen molar-refractivity contribution in [2.24, 2.45) is 0 Å². The lowest BCUT2D eigenvalue weighted by Gasteiger charge is -2.18. The molecule has 3 nitrogen and oxygen atoms in total. The number of rotatable bonds is 4. The van der Waals surface area contributed by atoms with Crippen molar-refractivity contribution in [3.8, 4) is 0 Å². The first-order chi connectivity index (χ1) is 5.26. The van der Waals surface area contributed by atoms with Gasteiger partial charge in [-0.1, -0.05) is 0 Å². The van der Waals surface area contributed by atoms with Crippen LogP contribution in [-0.2, 0) is 0 Å². The third kappa shape index (κ3) is 4.14. The van der Waals surface area contributed by atoms with Gasteiger partial charge in [-0.3, -0.25) is 0 Å². The summed E-state index contributed by atoms with van der Waals surface area (Å²) in [6.45, 7) is 6.08. The molecule has 0 aliphatic rings. The highest BCUT2D eigenvalue weighted by Crippen LogP contribution is 1.87. The first-order valence-corrected chi connectivity index (χ1v) is 4.53. The van der Waals surface area contributed by atoms with Crippen LogP contribution in [0.15, 0.2) is 0 Å². The predicted molar refractivity (Wildman–Crippen MR) is 50.2 cm³/mol. The SMILES string of the molecule is CCN(CC)C(=O)NCCS. The van der Waals surface area contributed by atoms with E-state index in [0.717, 1.165) is 13.1 Å². The van der Waals surface area contributed by atoms with Gasteiger partial charge in [0.25, 0.3) is 0 Å². The highest BCUT2D eigenvalue weighted by Gasteiger charge is 2.06. The van der Waals surface area contributed by atoms with Crippen molar-refractivity contribution in [1.29, 1.82) is 0 Å². The molecule has 0 radical (unpaired) electrons. The Morgan fingerprint density at radius 3 is 2.36 bits per heavy atom. The van der Waals surface area contributed by atoms with Crippen molar-refractivity contribution in [1.82, 2.24) is 10.2 Å². The summed E-state index contributed by atoms with van der Waals surface area (Å²) in [5.74, 6) is 0.688. The number of urea groups is 1. The summed E-state index contributed by atoms with van der Waals surface area (Å²) in [5, 5.41) is 2.74. The summed E-state index contributed by atoms with van der Waals surface area (Å²) in [6.07, 6.45) is 0. The lowest BCUT2D eigenvalue weighted by atomic mass is 10.5. The van der Waals surface area contributed by atoms with Crippen LogP contribution in [0.1, 0.15) is 13.8 Å². The molecule has 0 aliphatic heterocycles. The Morgan fingerprint density at radius 1 is 1.45 bits per heavy atom. The number of nitrogens with one attached hydrogen (secondary N) is 1. The molecule has 0 saturated carbocycles. The number of amides is 2. The minimum atomic E-state index is 0.00375. The maximum atomic E-state index is 11.1. The zero-order valence-electron chi connectivity index (χ0n) is 7.13. The van der Waals surface area contributed by atoms with Crippen molar-refractivity contribution in [2.75, 3.05) is 25.4 Å². The molecule has 0 aromatic rings. The first kappa shape index (κ1) is 10.6. The van der Waals surface area contributed by atoms with Crippen LogP contribution in [0.2, 0.25) is 0 Å². The molecule has 2 amide bonds. The van der Waals surface area contributed by atoms with E-state index in [4.69, 9.17) is 0 Å². The van der Waals surface area contributed by atoms with Crippen LogP contribution in [-0.4, -0.2) is 36.3 Å². The van der Waals surface area contributed by atoms with Crippen molar-refractivity contribution in [3.05, 3.63) is 0 Å². The van der Waals surface area contributed by atoms with Crippen LogP contribution < -0.4 is 5.32 Å². The molecule has 1 N–H and O–H groups in total. The third-order valence-corrected chi connectivity index (χ3v) is 1.66. The largest absolute Gasteiger partial charge is 0.337 e. The fourth-order valence-electron chi connectivity index (χ4n) is 0.785. The zero-order chi connectivity index (χ0) is 8.69. The van der Waals surface area contributed by atoms with Crippen LogP contribution in [0, 0.1) is 0 Å². The second kappa shape index (κ2) is 6.34. The maximum Gasteiger partial charge on any atom is 0.317 e. The van der Waals surface area contributed by atoms with Crippen LogP contribution >= 0.6 is 12.6 Å². The summed E-state index contributed by atoms with van der Waals surface area (Å²) >= 11 is 3.99. The smallest absolute Gasteiger partial charge is 0.317 e. The summed E-state index contributed by atoms with van der Waals surface area (Å²) in [7, 11) is 0. The maximum absolute atomic E-state index is 11.1. The van der Waals surface area contributed by atoms with Gasteiger partial charge in [0.1, 0.15) is 0 Å². The summed E-state index contributed by atoms with van der Waals surface area (Å²) in [6, 6.07) is 0.00375. The Balaban J connectivity index is 3.61. The lowest BCUT2D eigenvalue weighted by molar-refractivity contribution is 0.204. The van der Waals surface area contributed by atoms with Crippen LogP contribution in [0.25, 0.3) is 0 Å². The molecule has 0 aliphatic carbocycles. The van der Waals surface area contributed by atoms with Crippen molar-refractivity contribution < 1.29 is 4.79 Å². The van der Waals surface area contributed by atoms with E-state index in [1.165, 1.54) is 0 Å². The zero-order valence-corrected chi connectivity index (χ0v) is 8.03. The Hall–Kier alpha value is -0.380. The molecule has 4 heteroatoms. The molecule has 0 aromatic heterocycles. The van der Waals surface area contributed by atoms with Gasteiger partial charge < -0.3 is 10.2 Å². The monoisotopic (exact) mass is 176 g/mol. The van der Waals surface area contributed by atoms with Gasteiger partial charge in [-0.15, -0.1) is 0 Å². The highest BCUT2D eigenvalue weighted by molar-refractivity contribution is 7.80. The molecule has 0 heterocycles. The molecule has 0 fully saturated rings. The van der Waals surface area contributed by atoms with E-state index in [1.807, 2.05) is 13.8 Å². The molecular formula is C7H16N2OS. The van der Waals surface area contributed by atoms with Crippen molar-refractivity contribution in [2.45, 2.75) is 13.8 Å². The lowest BCUT2D eigenvalue weighted by Crippen LogP contribution is -2.40. The van der Waals surface area contributed by atoms with Gasteiger partial charge in [-0.25, -0.2) is 4.79 Å². The van der Waals surface area contributed by atoms with Gasteiger partial charge in [0.05, 0.1) is 0 Å². The van der Waals surface area contributed by atoms with Gasteiger partial charge >= 0.3 is 6.03 Å². The topological polar surface area (TPSA) is 32.3 Å². The summed E-state index contributed by atoms with van der Waals surface area (Å²) in [4.78, 5) is 12.9. The normalized spacial score (nSPS) is 9.36. The second-order valence-corrected chi connectivity index (χ2v) is 2.58. The number of carbonyl (C=O) groups is 1. The van der Waals surface area contributed by atoms with E-state index in [-0.39, 0.29) is 6.03 Å². The van der Waals surface area contributed by atoms with Crippen molar-refractivity contribution in [3.63, 3.8) is 0 Å². The minimum Gasteiger partial charge on any atom is -0.337 e. The number of hydrogen-bond acceptors (Lipinski definition) is 2. The summed E-state index contributed by atoms with van der Waals surface area (Å²) in [5.41, 5.74) is 0. The number of thiol groups is 1. The van der Waals surface area contributed by atoms with Crippen molar-refractivity contribution >= 4 is 18.7 Å². The number of carbonyl (C=O) groups excluding carboxylic acids is 1. The Kier molecular flexibility index (Phi) is 6.12. The van der Waals surface area contributed by atoms with Crippen LogP contribution in [0.5, 0.6) is 0 Å². The average molecular weight is 176 g/mol. The van der Waals surface area contributed by atoms with Gasteiger partial charge in [-0.05, 0) is 13.8 Å². The molecule has 0 spiro atoms. The Bertz CT molecular complexity index is 115. The van der Waals surface area contributed by atoms with Gasteiger partial charge in [-0.2, -0.15) is 12.6 Å². The Labute approximate surface area is 73.6 Å². The fourth-order valence-corrected chi connectivity index (χ4v) is 0.897. The third-order valence-electron chi connectivity index (χ3n) is 1.44. The van der Waals surface area contributed by atoms with E-state index >= 15 is 0 Å². The first-order valence-electron chi connectivity index (χ1n) is 3.89. The number of hydrogen-bond donors (Lipinski definition) is 2. The molecular weight excluding hydrogens is 160 g/mol. The predicted octanol–water partition coefficient (Wildman–Crippen LogP) is 0.968. The molecule has 0 aromatic carbocycles. The van der Waals surface area contributed by atoms with Crippen LogP contribution in [0.4, 0.5) is 4.79 Å². The van der Waals surface area contributed by atoms with E-state index in [0.29, 0.717) is 12.3 Å². The standard InChI is InChI=1S/C7H16N2OS/c1-3-9(4-2)7(10)8-5-6-11/h11H,3-6H2,1-2H3,(H,8,10). The molecule has 0 atom stereocenters.